The maximum Gasteiger partial charge on any atom is 0.338 e. The third-order valence-electron chi connectivity index (χ3n) is 2.80. The highest BCUT2D eigenvalue weighted by atomic mass is 16.5. The van der Waals surface area contributed by atoms with Gasteiger partial charge in [-0.2, -0.15) is 0 Å². The number of ether oxygens (including phenoxy) is 2. The van der Waals surface area contributed by atoms with E-state index in [-0.39, 0.29) is 11.9 Å². The summed E-state index contributed by atoms with van der Waals surface area (Å²) in [5.74, 6) is 0.0730. The minimum absolute atomic E-state index is 0.0373. The molecule has 2 rings (SSSR count). The Labute approximate surface area is 105 Å². The zero-order chi connectivity index (χ0) is 13.1. The minimum atomic E-state index is -0.379. The highest BCUT2D eigenvalue weighted by molar-refractivity contribution is 5.98. The molecule has 18 heavy (non-hydrogen) atoms. The van der Waals surface area contributed by atoms with Crippen molar-refractivity contribution in [3.05, 3.63) is 23.3 Å². The number of hydrogen-bond donors (Lipinski definition) is 1. The lowest BCUT2D eigenvalue weighted by molar-refractivity contribution is -0.116. The van der Waals surface area contributed by atoms with Gasteiger partial charge in [-0.05, 0) is 31.0 Å². The van der Waals surface area contributed by atoms with E-state index in [1.807, 2.05) is 0 Å². The van der Waals surface area contributed by atoms with E-state index in [9.17, 15) is 9.59 Å². The van der Waals surface area contributed by atoms with Crippen LogP contribution < -0.4 is 10.1 Å². The molecule has 0 atom stereocenters. The van der Waals surface area contributed by atoms with Crippen LogP contribution in [0, 0.1) is 0 Å². The van der Waals surface area contributed by atoms with E-state index in [0.29, 0.717) is 36.4 Å². The molecule has 5 heteroatoms. The third-order valence-corrected chi connectivity index (χ3v) is 2.80. The van der Waals surface area contributed by atoms with E-state index in [2.05, 4.69) is 5.32 Å². The molecule has 1 heterocycles. The molecule has 1 N–H and O–H groups in total. The number of anilines is 1. The van der Waals surface area contributed by atoms with Crippen molar-refractivity contribution in [2.45, 2.75) is 19.8 Å². The van der Waals surface area contributed by atoms with E-state index >= 15 is 0 Å². The number of carbonyl (C=O) groups excluding carboxylic acids is 2. The Morgan fingerprint density at radius 3 is 2.83 bits per heavy atom. The van der Waals surface area contributed by atoms with Gasteiger partial charge in [0.1, 0.15) is 5.75 Å². The first-order valence-corrected chi connectivity index (χ1v) is 5.83. The van der Waals surface area contributed by atoms with Crippen LogP contribution in [0.25, 0.3) is 0 Å². The predicted molar refractivity (Wildman–Crippen MR) is 65.9 cm³/mol. The number of aryl methyl sites for hydroxylation is 1. The Kier molecular flexibility index (Phi) is 3.50. The highest BCUT2D eigenvalue weighted by Gasteiger charge is 2.21. The molecule has 0 bridgehead atoms. The number of fused-ring (bicyclic) bond motifs is 1. The number of amides is 1. The molecule has 0 spiro atoms. The van der Waals surface area contributed by atoms with Gasteiger partial charge in [-0.15, -0.1) is 0 Å². The molecule has 0 saturated heterocycles. The number of rotatable bonds is 3. The quantitative estimate of drug-likeness (QED) is 0.829. The fourth-order valence-corrected chi connectivity index (χ4v) is 1.96. The standard InChI is InChI=1S/C13H15NO4/c1-3-18-13(16)9-6-8-4-5-11(15)14-12(8)10(7-9)17-2/h6-7H,3-5H2,1-2H3,(H,14,15). The SMILES string of the molecule is CCOC(=O)c1cc2c(c(OC)c1)NC(=O)CC2. The molecule has 1 aromatic carbocycles. The maximum atomic E-state index is 11.7. The lowest BCUT2D eigenvalue weighted by atomic mass is 9.99. The highest BCUT2D eigenvalue weighted by Crippen LogP contribution is 2.34. The van der Waals surface area contributed by atoms with Gasteiger partial charge >= 0.3 is 5.97 Å². The van der Waals surface area contributed by atoms with Crippen molar-refractivity contribution in [1.82, 2.24) is 0 Å². The predicted octanol–water partition coefficient (Wildman–Crippen LogP) is 1.76. The minimum Gasteiger partial charge on any atom is -0.495 e. The van der Waals surface area contributed by atoms with Crippen molar-refractivity contribution in [2.75, 3.05) is 19.0 Å². The van der Waals surface area contributed by atoms with Gasteiger partial charge in [0, 0.05) is 6.42 Å². The second kappa shape index (κ2) is 5.08. The van der Waals surface area contributed by atoms with Crippen molar-refractivity contribution < 1.29 is 19.1 Å². The van der Waals surface area contributed by atoms with Gasteiger partial charge < -0.3 is 14.8 Å². The average Bonchev–Trinajstić information content (AvgIpc) is 2.37. The van der Waals surface area contributed by atoms with Gasteiger partial charge in [-0.1, -0.05) is 0 Å². The summed E-state index contributed by atoms with van der Waals surface area (Å²) in [5, 5.41) is 2.76. The third kappa shape index (κ3) is 2.30. The molecular formula is C13H15NO4. The summed E-state index contributed by atoms with van der Waals surface area (Å²) in [4.78, 5) is 23.1. The summed E-state index contributed by atoms with van der Waals surface area (Å²) >= 11 is 0. The van der Waals surface area contributed by atoms with Crippen LogP contribution in [0.2, 0.25) is 0 Å². The van der Waals surface area contributed by atoms with Gasteiger partial charge in [0.25, 0.3) is 0 Å². The van der Waals surface area contributed by atoms with Crippen LogP contribution in [0.3, 0.4) is 0 Å². The van der Waals surface area contributed by atoms with Crippen molar-refractivity contribution in [3.63, 3.8) is 0 Å². The lowest BCUT2D eigenvalue weighted by Gasteiger charge is -2.20. The van der Waals surface area contributed by atoms with Crippen molar-refractivity contribution >= 4 is 17.6 Å². The van der Waals surface area contributed by atoms with Crippen molar-refractivity contribution in [1.29, 1.82) is 0 Å². The van der Waals surface area contributed by atoms with Crippen LogP contribution in [0.1, 0.15) is 29.3 Å². The summed E-state index contributed by atoms with van der Waals surface area (Å²) in [6, 6.07) is 3.33. The number of esters is 1. The van der Waals surface area contributed by atoms with E-state index in [1.54, 1.807) is 19.1 Å². The molecule has 1 amide bonds. The topological polar surface area (TPSA) is 64.6 Å². The van der Waals surface area contributed by atoms with Crippen LogP contribution in [-0.4, -0.2) is 25.6 Å². The van der Waals surface area contributed by atoms with Crippen LogP contribution >= 0.6 is 0 Å². The van der Waals surface area contributed by atoms with Gasteiger partial charge in [-0.3, -0.25) is 4.79 Å². The molecule has 0 radical (unpaired) electrons. The Hall–Kier alpha value is -2.04. The summed E-state index contributed by atoms with van der Waals surface area (Å²) in [7, 11) is 1.51. The van der Waals surface area contributed by atoms with Crippen LogP contribution in [0.5, 0.6) is 5.75 Å². The van der Waals surface area contributed by atoms with E-state index in [0.717, 1.165) is 5.56 Å². The summed E-state index contributed by atoms with van der Waals surface area (Å²) in [6.07, 6.45) is 1.02. The van der Waals surface area contributed by atoms with Crippen LogP contribution in [-0.2, 0) is 16.0 Å². The fraction of sp³-hybridized carbons (Fsp3) is 0.385. The molecular weight excluding hydrogens is 234 g/mol. The van der Waals surface area contributed by atoms with Crippen molar-refractivity contribution in [2.24, 2.45) is 0 Å². The summed E-state index contributed by atoms with van der Waals surface area (Å²) in [6.45, 7) is 2.09. The average molecular weight is 249 g/mol. The molecule has 0 aromatic heterocycles. The van der Waals surface area contributed by atoms with Crippen LogP contribution in [0.4, 0.5) is 5.69 Å². The first kappa shape index (κ1) is 12.4. The zero-order valence-corrected chi connectivity index (χ0v) is 10.4. The smallest absolute Gasteiger partial charge is 0.338 e. The molecule has 5 nitrogen and oxygen atoms in total. The fourth-order valence-electron chi connectivity index (χ4n) is 1.96. The molecule has 0 saturated carbocycles. The Bertz CT molecular complexity index is 479. The van der Waals surface area contributed by atoms with Gasteiger partial charge in [0.2, 0.25) is 5.91 Å². The molecule has 1 aliphatic heterocycles. The maximum absolute atomic E-state index is 11.7. The normalized spacial score (nSPS) is 13.6. The monoisotopic (exact) mass is 249 g/mol. The zero-order valence-electron chi connectivity index (χ0n) is 10.4. The van der Waals surface area contributed by atoms with E-state index < -0.39 is 0 Å². The number of methoxy groups -OCH3 is 1. The number of hydrogen-bond acceptors (Lipinski definition) is 4. The van der Waals surface area contributed by atoms with E-state index in [1.165, 1.54) is 7.11 Å². The Morgan fingerprint density at radius 1 is 1.39 bits per heavy atom. The molecule has 0 unspecified atom stereocenters. The van der Waals surface area contributed by atoms with Gasteiger partial charge in [0.15, 0.2) is 0 Å². The molecule has 1 aromatic rings. The molecule has 0 fully saturated rings. The van der Waals surface area contributed by atoms with E-state index in [4.69, 9.17) is 9.47 Å². The summed E-state index contributed by atoms with van der Waals surface area (Å²) in [5.41, 5.74) is 2.00. The number of nitrogens with one attached hydrogen (secondary N) is 1. The first-order valence-electron chi connectivity index (χ1n) is 5.83. The molecule has 96 valence electrons. The Balaban J connectivity index is 2.42. The lowest BCUT2D eigenvalue weighted by Crippen LogP contribution is -2.20. The molecule has 0 aliphatic carbocycles. The summed E-state index contributed by atoms with van der Waals surface area (Å²) < 4.78 is 10.2. The largest absolute Gasteiger partial charge is 0.495 e. The Morgan fingerprint density at radius 2 is 2.17 bits per heavy atom. The second-order valence-corrected chi connectivity index (χ2v) is 3.98. The van der Waals surface area contributed by atoms with Crippen LogP contribution in [0.15, 0.2) is 12.1 Å². The van der Waals surface area contributed by atoms with Crippen molar-refractivity contribution in [3.8, 4) is 5.75 Å². The first-order chi connectivity index (χ1) is 8.65. The van der Waals surface area contributed by atoms with Gasteiger partial charge in [-0.25, -0.2) is 4.79 Å². The molecule has 1 aliphatic rings. The number of carbonyl (C=O) groups is 2. The van der Waals surface area contributed by atoms with Gasteiger partial charge in [0.05, 0.1) is 25.0 Å². The second-order valence-electron chi connectivity index (χ2n) is 3.98. The number of benzene rings is 1.